The van der Waals surface area contributed by atoms with E-state index >= 15 is 0 Å². The van der Waals surface area contributed by atoms with Crippen molar-refractivity contribution in [1.82, 2.24) is 5.32 Å². The van der Waals surface area contributed by atoms with Crippen LogP contribution in [0.15, 0.2) is 72.8 Å². The van der Waals surface area contributed by atoms with Gasteiger partial charge < -0.3 is 20.5 Å². The number of hydrogen-bond acceptors (Lipinski definition) is 4. The van der Waals surface area contributed by atoms with Crippen LogP contribution in [0.2, 0.25) is 0 Å². The summed E-state index contributed by atoms with van der Waals surface area (Å²) in [6.07, 6.45) is -0.393. The van der Waals surface area contributed by atoms with Crippen molar-refractivity contribution in [2.24, 2.45) is 0 Å². The van der Waals surface area contributed by atoms with Crippen LogP contribution in [0, 0.1) is 0 Å². The van der Waals surface area contributed by atoms with Crippen molar-refractivity contribution in [2.75, 3.05) is 11.9 Å². The van der Waals surface area contributed by atoms with Crippen LogP contribution >= 0.6 is 0 Å². The molecule has 1 atom stereocenters. The third-order valence-electron chi connectivity index (χ3n) is 5.78. The van der Waals surface area contributed by atoms with Gasteiger partial charge in [-0.25, -0.2) is 9.59 Å². The van der Waals surface area contributed by atoms with Crippen molar-refractivity contribution >= 4 is 23.7 Å². The van der Waals surface area contributed by atoms with Crippen LogP contribution in [0.5, 0.6) is 0 Å². The predicted molar refractivity (Wildman–Crippen MR) is 124 cm³/mol. The number of hydrogen-bond donors (Lipinski definition) is 3. The van der Waals surface area contributed by atoms with Crippen molar-refractivity contribution in [2.45, 2.75) is 25.3 Å². The van der Waals surface area contributed by atoms with Crippen LogP contribution in [0.1, 0.15) is 40.7 Å². The Morgan fingerprint density at radius 2 is 1.48 bits per heavy atom. The highest BCUT2D eigenvalue weighted by Crippen LogP contribution is 2.44. The molecule has 0 spiro atoms. The summed E-state index contributed by atoms with van der Waals surface area (Å²) < 4.78 is 5.51. The van der Waals surface area contributed by atoms with Gasteiger partial charge in [0.05, 0.1) is 11.3 Å². The second-order valence-corrected chi connectivity index (χ2v) is 7.77. The van der Waals surface area contributed by atoms with E-state index in [4.69, 9.17) is 4.74 Å². The van der Waals surface area contributed by atoms with E-state index in [1.807, 2.05) is 36.4 Å². The lowest BCUT2D eigenvalue weighted by Crippen LogP contribution is -2.44. The maximum atomic E-state index is 12.7. The lowest BCUT2D eigenvalue weighted by molar-refractivity contribution is -0.118. The number of alkyl carbamates (subject to hydrolysis) is 1. The molecule has 1 aliphatic rings. The van der Waals surface area contributed by atoms with Crippen molar-refractivity contribution in [3.05, 3.63) is 89.5 Å². The quantitative estimate of drug-likeness (QED) is 0.492. The fraction of sp³-hybridized carbons (Fsp3) is 0.192. The molecule has 3 N–H and O–H groups in total. The number of nitrogens with one attached hydrogen (secondary N) is 2. The number of carbonyl (C=O) groups is 3. The van der Waals surface area contributed by atoms with Gasteiger partial charge in [-0.1, -0.05) is 67.6 Å². The number of benzene rings is 3. The van der Waals surface area contributed by atoms with Gasteiger partial charge in [-0.05, 0) is 40.8 Å². The van der Waals surface area contributed by atoms with E-state index in [0.717, 1.165) is 22.3 Å². The Morgan fingerprint density at radius 3 is 2.09 bits per heavy atom. The molecule has 33 heavy (non-hydrogen) atoms. The predicted octanol–water partition coefficient (Wildman–Crippen LogP) is 4.64. The molecule has 0 radical (unpaired) electrons. The molecule has 0 unspecified atom stereocenters. The standard InChI is InChI=1S/C26H24N2O5/c1-2-22(24(29)27-23-14-8-7-13-20(23)25(30)31)28-26(32)33-15-21-18-11-5-3-9-16(18)17-10-4-6-12-19(17)21/h3-14,21-22H,2,15H2,1H3,(H,27,29)(H,28,32)(H,30,31)/t22-/m0/s1. The minimum Gasteiger partial charge on any atom is -0.478 e. The molecule has 0 aliphatic heterocycles. The largest absolute Gasteiger partial charge is 0.478 e. The summed E-state index contributed by atoms with van der Waals surface area (Å²) in [4.78, 5) is 36.6. The third kappa shape index (κ3) is 4.57. The van der Waals surface area contributed by atoms with Gasteiger partial charge in [0.15, 0.2) is 0 Å². The first kappa shape index (κ1) is 22.1. The zero-order chi connectivity index (χ0) is 23.4. The highest BCUT2D eigenvalue weighted by molar-refractivity contribution is 6.02. The molecule has 2 amide bonds. The van der Waals surface area contributed by atoms with Crippen molar-refractivity contribution in [3.8, 4) is 11.1 Å². The van der Waals surface area contributed by atoms with Crippen LogP contribution in [0.4, 0.5) is 10.5 Å². The smallest absolute Gasteiger partial charge is 0.407 e. The number of amides is 2. The second kappa shape index (κ2) is 9.56. The fourth-order valence-electron chi connectivity index (χ4n) is 4.13. The van der Waals surface area contributed by atoms with Crippen LogP contribution in [-0.2, 0) is 9.53 Å². The van der Waals surface area contributed by atoms with Crippen LogP contribution in [-0.4, -0.2) is 35.7 Å². The first-order chi connectivity index (χ1) is 16.0. The number of anilines is 1. The van der Waals surface area contributed by atoms with E-state index in [1.54, 1.807) is 19.1 Å². The minimum atomic E-state index is -1.15. The zero-order valence-electron chi connectivity index (χ0n) is 18.1. The van der Waals surface area contributed by atoms with E-state index in [0.29, 0.717) is 6.42 Å². The summed E-state index contributed by atoms with van der Waals surface area (Å²) in [6, 6.07) is 21.3. The van der Waals surface area contributed by atoms with Gasteiger partial charge in [0, 0.05) is 5.92 Å². The molecule has 0 saturated carbocycles. The van der Waals surface area contributed by atoms with Crippen LogP contribution in [0.25, 0.3) is 11.1 Å². The molecule has 4 rings (SSSR count). The third-order valence-corrected chi connectivity index (χ3v) is 5.78. The van der Waals surface area contributed by atoms with Gasteiger partial charge in [-0.2, -0.15) is 0 Å². The molecular weight excluding hydrogens is 420 g/mol. The molecular formula is C26H24N2O5. The highest BCUT2D eigenvalue weighted by atomic mass is 16.5. The molecule has 0 fully saturated rings. The summed E-state index contributed by atoms with van der Waals surface area (Å²) in [6.45, 7) is 1.89. The Balaban J connectivity index is 1.40. The summed E-state index contributed by atoms with van der Waals surface area (Å²) in [5, 5.41) is 14.5. The van der Waals surface area contributed by atoms with Crippen molar-refractivity contribution in [1.29, 1.82) is 0 Å². The number of carbonyl (C=O) groups excluding carboxylic acids is 2. The maximum Gasteiger partial charge on any atom is 0.407 e. The fourth-order valence-corrected chi connectivity index (χ4v) is 4.13. The summed E-state index contributed by atoms with van der Waals surface area (Å²) in [5.41, 5.74) is 4.60. The molecule has 0 saturated heterocycles. The first-order valence-corrected chi connectivity index (χ1v) is 10.7. The molecule has 7 nitrogen and oxygen atoms in total. The summed E-state index contributed by atoms with van der Waals surface area (Å²) in [5.74, 6) is -1.75. The Hall–Kier alpha value is -4.13. The number of ether oxygens (including phenoxy) is 1. The Morgan fingerprint density at radius 1 is 0.909 bits per heavy atom. The number of fused-ring (bicyclic) bond motifs is 3. The number of aromatic carboxylic acids is 1. The summed E-state index contributed by atoms with van der Waals surface area (Å²) >= 11 is 0. The zero-order valence-corrected chi connectivity index (χ0v) is 18.1. The lowest BCUT2D eigenvalue weighted by Gasteiger charge is -2.19. The van der Waals surface area contributed by atoms with E-state index in [2.05, 4.69) is 22.8 Å². The maximum absolute atomic E-state index is 12.7. The highest BCUT2D eigenvalue weighted by Gasteiger charge is 2.29. The molecule has 0 bridgehead atoms. The molecule has 0 aromatic heterocycles. The molecule has 1 aliphatic carbocycles. The van der Waals surface area contributed by atoms with Gasteiger partial charge in [0.1, 0.15) is 12.6 Å². The average molecular weight is 444 g/mol. The lowest BCUT2D eigenvalue weighted by atomic mass is 9.98. The van der Waals surface area contributed by atoms with Gasteiger partial charge in [0.2, 0.25) is 5.91 Å². The summed E-state index contributed by atoms with van der Waals surface area (Å²) in [7, 11) is 0. The number of para-hydroxylation sites is 1. The Labute approximate surface area is 191 Å². The molecule has 3 aromatic rings. The van der Waals surface area contributed by atoms with E-state index in [9.17, 15) is 19.5 Å². The molecule has 7 heteroatoms. The van der Waals surface area contributed by atoms with E-state index in [1.165, 1.54) is 12.1 Å². The Kier molecular flexibility index (Phi) is 6.40. The van der Waals surface area contributed by atoms with Gasteiger partial charge >= 0.3 is 12.1 Å². The Bertz CT molecular complexity index is 1160. The molecule has 3 aromatic carbocycles. The monoisotopic (exact) mass is 444 g/mol. The van der Waals surface area contributed by atoms with Crippen molar-refractivity contribution in [3.63, 3.8) is 0 Å². The van der Waals surface area contributed by atoms with Crippen molar-refractivity contribution < 1.29 is 24.2 Å². The number of carboxylic acid groups (broad SMARTS) is 1. The topological polar surface area (TPSA) is 105 Å². The average Bonchev–Trinajstić information content (AvgIpc) is 3.15. The number of rotatable bonds is 7. The van der Waals surface area contributed by atoms with E-state index < -0.39 is 24.0 Å². The van der Waals surface area contributed by atoms with E-state index in [-0.39, 0.29) is 23.8 Å². The normalized spacial score (nSPS) is 12.9. The van der Waals surface area contributed by atoms with Crippen LogP contribution < -0.4 is 10.6 Å². The van der Waals surface area contributed by atoms with Gasteiger partial charge in [0.25, 0.3) is 0 Å². The van der Waals surface area contributed by atoms with Crippen LogP contribution in [0.3, 0.4) is 0 Å². The second-order valence-electron chi connectivity index (χ2n) is 7.77. The van der Waals surface area contributed by atoms with Gasteiger partial charge in [-0.15, -0.1) is 0 Å². The minimum absolute atomic E-state index is 0.0261. The molecule has 0 heterocycles. The molecule has 168 valence electrons. The van der Waals surface area contributed by atoms with Gasteiger partial charge in [-0.3, -0.25) is 4.79 Å². The number of carboxylic acids is 1. The SMILES string of the molecule is CC[C@H](NC(=O)OCC1c2ccccc2-c2ccccc21)C(=O)Nc1ccccc1C(=O)O. The first-order valence-electron chi connectivity index (χ1n) is 10.7.